The van der Waals surface area contributed by atoms with E-state index in [0.29, 0.717) is 30.4 Å². The molecular weight excluding hydrogens is 342 g/mol. The number of carbonyl (C=O) groups is 1. The maximum atomic E-state index is 13.1. The lowest BCUT2D eigenvalue weighted by Crippen LogP contribution is -2.30. The lowest BCUT2D eigenvalue weighted by Gasteiger charge is -2.22. The summed E-state index contributed by atoms with van der Waals surface area (Å²) in [6.45, 7) is 5.39. The molecule has 0 unspecified atom stereocenters. The minimum absolute atomic E-state index is 0.00381. The molecule has 1 aliphatic rings. The van der Waals surface area contributed by atoms with E-state index < -0.39 is 0 Å². The van der Waals surface area contributed by atoms with Gasteiger partial charge >= 0.3 is 0 Å². The smallest absolute Gasteiger partial charge is 0.254 e. The van der Waals surface area contributed by atoms with Crippen LogP contribution < -0.4 is 0 Å². The molecule has 0 radical (unpaired) electrons. The molecule has 1 fully saturated rings. The molecule has 0 bridgehead atoms. The highest BCUT2D eigenvalue weighted by Crippen LogP contribution is 2.32. The molecule has 27 heavy (non-hydrogen) atoms. The molecule has 7 nitrogen and oxygen atoms in total. The summed E-state index contributed by atoms with van der Waals surface area (Å²) < 4.78 is 7.29. The zero-order valence-corrected chi connectivity index (χ0v) is 15.6. The molecule has 3 heterocycles. The molecule has 1 aliphatic heterocycles. The number of amides is 1. The molecule has 3 aromatic rings. The fraction of sp³-hybridized carbons (Fsp3) is 0.400. The van der Waals surface area contributed by atoms with Crippen molar-refractivity contribution in [3.8, 4) is 0 Å². The molecule has 1 amide bonds. The molecule has 140 valence electrons. The Morgan fingerprint density at radius 2 is 2.22 bits per heavy atom. The van der Waals surface area contributed by atoms with Gasteiger partial charge in [0.05, 0.1) is 6.54 Å². The number of rotatable bonds is 5. The third-order valence-corrected chi connectivity index (χ3v) is 4.85. The van der Waals surface area contributed by atoms with Crippen molar-refractivity contribution in [3.63, 3.8) is 0 Å². The highest BCUT2D eigenvalue weighted by molar-refractivity contribution is 5.94. The number of carbonyl (C=O) groups excluding carboxylic acids is 1. The summed E-state index contributed by atoms with van der Waals surface area (Å²) >= 11 is 0. The van der Waals surface area contributed by atoms with Gasteiger partial charge in [0.1, 0.15) is 6.04 Å². The van der Waals surface area contributed by atoms with Crippen LogP contribution >= 0.6 is 0 Å². The van der Waals surface area contributed by atoms with Crippen LogP contribution in [0.1, 0.15) is 66.3 Å². The van der Waals surface area contributed by atoms with Gasteiger partial charge in [-0.1, -0.05) is 31.1 Å². The SMILES string of the molecule is CC(C)c1noc([C@@H]2CCCN2C(=O)c2cccc(Cn3cccn3)c2)n1. The highest BCUT2D eigenvalue weighted by atomic mass is 16.5. The molecule has 0 saturated carbocycles. The summed E-state index contributed by atoms with van der Waals surface area (Å²) in [5, 5.41) is 8.27. The molecule has 4 rings (SSSR count). The van der Waals surface area contributed by atoms with Gasteiger partial charge in [-0.2, -0.15) is 10.1 Å². The fourth-order valence-corrected chi connectivity index (χ4v) is 3.43. The van der Waals surface area contributed by atoms with Crippen molar-refractivity contribution in [2.75, 3.05) is 6.54 Å². The van der Waals surface area contributed by atoms with Crippen LogP contribution in [0.25, 0.3) is 0 Å². The summed E-state index contributed by atoms with van der Waals surface area (Å²) in [5.74, 6) is 1.43. The third kappa shape index (κ3) is 3.63. The number of hydrogen-bond acceptors (Lipinski definition) is 5. The molecule has 2 aromatic heterocycles. The Morgan fingerprint density at radius 1 is 1.33 bits per heavy atom. The van der Waals surface area contributed by atoms with Crippen molar-refractivity contribution < 1.29 is 9.32 Å². The molecule has 1 aromatic carbocycles. The van der Waals surface area contributed by atoms with Crippen LogP contribution in [-0.2, 0) is 6.54 Å². The van der Waals surface area contributed by atoms with Crippen molar-refractivity contribution >= 4 is 5.91 Å². The van der Waals surface area contributed by atoms with Gasteiger partial charge in [0, 0.05) is 30.4 Å². The predicted octanol–water partition coefficient (Wildman–Crippen LogP) is 3.42. The lowest BCUT2D eigenvalue weighted by molar-refractivity contribution is 0.0710. The van der Waals surface area contributed by atoms with Gasteiger partial charge in [-0.05, 0) is 36.6 Å². The van der Waals surface area contributed by atoms with Gasteiger partial charge in [-0.3, -0.25) is 9.48 Å². The standard InChI is InChI=1S/C20H23N5O2/c1-14(2)18-22-19(27-23-18)17-8-4-11-25(17)20(26)16-7-3-6-15(12-16)13-24-10-5-9-21-24/h3,5-7,9-10,12,14,17H,4,8,11,13H2,1-2H3/t17-/m0/s1. The minimum Gasteiger partial charge on any atom is -0.337 e. The number of aromatic nitrogens is 4. The quantitative estimate of drug-likeness (QED) is 0.692. The van der Waals surface area contributed by atoms with Crippen LogP contribution in [0.15, 0.2) is 47.2 Å². The van der Waals surface area contributed by atoms with Crippen LogP contribution in [0.2, 0.25) is 0 Å². The van der Waals surface area contributed by atoms with Gasteiger partial charge in [0.15, 0.2) is 5.82 Å². The Labute approximate surface area is 158 Å². The van der Waals surface area contributed by atoms with Crippen LogP contribution in [0.3, 0.4) is 0 Å². The van der Waals surface area contributed by atoms with E-state index in [1.54, 1.807) is 6.20 Å². The number of hydrogen-bond donors (Lipinski definition) is 0. The Hall–Kier alpha value is -2.96. The van der Waals surface area contributed by atoms with E-state index in [1.807, 2.05) is 60.0 Å². The fourth-order valence-electron chi connectivity index (χ4n) is 3.43. The van der Waals surface area contributed by atoms with E-state index in [0.717, 1.165) is 18.4 Å². The Morgan fingerprint density at radius 3 is 2.96 bits per heavy atom. The van der Waals surface area contributed by atoms with E-state index in [1.165, 1.54) is 0 Å². The van der Waals surface area contributed by atoms with Crippen LogP contribution in [0.5, 0.6) is 0 Å². The zero-order valence-electron chi connectivity index (χ0n) is 15.6. The maximum Gasteiger partial charge on any atom is 0.254 e. The Balaban J connectivity index is 1.54. The van der Waals surface area contributed by atoms with Gasteiger partial charge in [-0.25, -0.2) is 0 Å². The monoisotopic (exact) mass is 365 g/mol. The average Bonchev–Trinajstić information content (AvgIpc) is 3.41. The lowest BCUT2D eigenvalue weighted by atomic mass is 10.1. The van der Waals surface area contributed by atoms with Crippen molar-refractivity contribution in [1.82, 2.24) is 24.8 Å². The Kier molecular flexibility index (Phi) is 4.75. The van der Waals surface area contributed by atoms with E-state index in [9.17, 15) is 4.79 Å². The third-order valence-electron chi connectivity index (χ3n) is 4.85. The van der Waals surface area contributed by atoms with E-state index in [-0.39, 0.29) is 17.9 Å². The summed E-state index contributed by atoms with van der Waals surface area (Å²) in [5.41, 5.74) is 1.72. The van der Waals surface area contributed by atoms with Gasteiger partial charge < -0.3 is 9.42 Å². The zero-order chi connectivity index (χ0) is 18.8. The van der Waals surface area contributed by atoms with E-state index >= 15 is 0 Å². The molecular formula is C20H23N5O2. The minimum atomic E-state index is -0.146. The van der Waals surface area contributed by atoms with Crippen molar-refractivity contribution in [1.29, 1.82) is 0 Å². The molecule has 0 N–H and O–H groups in total. The first-order chi connectivity index (χ1) is 13.1. The molecule has 1 atom stereocenters. The first kappa shape index (κ1) is 17.5. The molecule has 1 saturated heterocycles. The second-order valence-corrected chi connectivity index (χ2v) is 7.21. The number of likely N-dealkylation sites (tertiary alicyclic amines) is 1. The first-order valence-corrected chi connectivity index (χ1v) is 9.32. The van der Waals surface area contributed by atoms with Crippen molar-refractivity contribution in [2.45, 2.75) is 45.2 Å². The molecule has 7 heteroatoms. The largest absolute Gasteiger partial charge is 0.337 e. The van der Waals surface area contributed by atoms with Crippen LogP contribution in [0.4, 0.5) is 0 Å². The summed E-state index contributed by atoms with van der Waals surface area (Å²) in [6, 6.07) is 9.46. The summed E-state index contributed by atoms with van der Waals surface area (Å²) in [4.78, 5) is 19.5. The predicted molar refractivity (Wildman–Crippen MR) is 99.2 cm³/mol. The summed E-state index contributed by atoms with van der Waals surface area (Å²) in [7, 11) is 0. The second-order valence-electron chi connectivity index (χ2n) is 7.21. The second kappa shape index (κ2) is 7.34. The van der Waals surface area contributed by atoms with Crippen molar-refractivity contribution in [3.05, 3.63) is 65.6 Å². The topological polar surface area (TPSA) is 77.0 Å². The van der Waals surface area contributed by atoms with Gasteiger partial charge in [0.2, 0.25) is 5.89 Å². The van der Waals surface area contributed by atoms with Gasteiger partial charge in [0.25, 0.3) is 5.91 Å². The highest BCUT2D eigenvalue weighted by Gasteiger charge is 2.34. The maximum absolute atomic E-state index is 13.1. The molecule has 0 spiro atoms. The van der Waals surface area contributed by atoms with Crippen LogP contribution in [-0.4, -0.2) is 37.3 Å². The molecule has 0 aliphatic carbocycles. The van der Waals surface area contributed by atoms with E-state index in [2.05, 4.69) is 15.2 Å². The summed E-state index contributed by atoms with van der Waals surface area (Å²) in [6.07, 6.45) is 5.44. The Bertz CT molecular complexity index is 916. The number of nitrogens with zero attached hydrogens (tertiary/aromatic N) is 5. The normalized spacial score (nSPS) is 17.0. The average molecular weight is 365 g/mol. The van der Waals surface area contributed by atoms with Crippen molar-refractivity contribution in [2.24, 2.45) is 0 Å². The number of benzene rings is 1. The van der Waals surface area contributed by atoms with Gasteiger partial charge in [-0.15, -0.1) is 0 Å². The van der Waals surface area contributed by atoms with E-state index in [4.69, 9.17) is 4.52 Å². The first-order valence-electron chi connectivity index (χ1n) is 9.32. The van der Waals surface area contributed by atoms with Crippen LogP contribution in [0, 0.1) is 0 Å².